The number of hydrogen-bond donors (Lipinski definition) is 0. The molecule has 1 heterocycles. The van der Waals surface area contributed by atoms with Crippen molar-refractivity contribution in [2.24, 2.45) is 0 Å². The van der Waals surface area contributed by atoms with Gasteiger partial charge in [0.1, 0.15) is 0 Å². The molecule has 2 aromatic carbocycles. The molecule has 3 rings (SSSR count). The van der Waals surface area contributed by atoms with E-state index in [1.807, 2.05) is 29.1 Å². The van der Waals surface area contributed by atoms with Crippen molar-refractivity contribution >= 4 is 5.69 Å². The van der Waals surface area contributed by atoms with Gasteiger partial charge in [0.25, 0.3) is 5.69 Å². The lowest BCUT2D eigenvalue weighted by Crippen LogP contribution is -2.04. The topological polar surface area (TPSA) is 48.1 Å². The van der Waals surface area contributed by atoms with Crippen LogP contribution in [0.25, 0.3) is 11.1 Å². The lowest BCUT2D eigenvalue weighted by Gasteiger charge is -2.12. The molecule has 7 heteroatoms. The zero-order chi connectivity index (χ0) is 18.0. The SMILES string of the molecule is O=[N+]([O-])c1ccc(-c2ccc(C(F)(F)F)cc2)c(Cn2cccc2)c1. The van der Waals surface area contributed by atoms with Gasteiger partial charge in [-0.05, 0) is 47.0 Å². The van der Waals surface area contributed by atoms with Crippen LogP contribution in [0, 0.1) is 10.1 Å². The van der Waals surface area contributed by atoms with E-state index in [0.717, 1.165) is 12.1 Å². The number of nitrogens with zero attached hydrogens (tertiary/aromatic N) is 2. The van der Waals surface area contributed by atoms with Gasteiger partial charge in [-0.15, -0.1) is 0 Å². The number of benzene rings is 2. The van der Waals surface area contributed by atoms with Crippen LogP contribution in [-0.4, -0.2) is 9.49 Å². The highest BCUT2D eigenvalue weighted by molar-refractivity contribution is 5.69. The summed E-state index contributed by atoms with van der Waals surface area (Å²) in [6.45, 7) is 0.380. The van der Waals surface area contributed by atoms with Crippen LogP contribution in [0.5, 0.6) is 0 Å². The Balaban J connectivity index is 2.03. The summed E-state index contributed by atoms with van der Waals surface area (Å²) in [6.07, 6.45) is -0.771. The number of hydrogen-bond acceptors (Lipinski definition) is 2. The number of nitro groups is 1. The summed E-state index contributed by atoms with van der Waals surface area (Å²) in [5.74, 6) is 0. The molecule has 4 nitrogen and oxygen atoms in total. The van der Waals surface area contributed by atoms with Crippen molar-refractivity contribution in [1.29, 1.82) is 0 Å². The summed E-state index contributed by atoms with van der Waals surface area (Å²) in [6, 6.07) is 12.8. The normalized spacial score (nSPS) is 11.5. The van der Waals surface area contributed by atoms with Crippen LogP contribution in [0.15, 0.2) is 67.0 Å². The number of nitro benzene ring substituents is 1. The van der Waals surface area contributed by atoms with Crippen LogP contribution in [-0.2, 0) is 12.7 Å². The van der Waals surface area contributed by atoms with E-state index in [0.29, 0.717) is 23.2 Å². The second-order valence-electron chi connectivity index (χ2n) is 5.53. The number of rotatable bonds is 4. The van der Waals surface area contributed by atoms with Gasteiger partial charge < -0.3 is 4.57 Å². The maximum absolute atomic E-state index is 12.7. The standard InChI is InChI=1S/C18H13F3N2O2/c19-18(20,21)15-5-3-13(4-6-15)17-8-7-16(23(24)25)11-14(17)12-22-9-1-2-10-22/h1-11H,12H2. The van der Waals surface area contributed by atoms with Gasteiger partial charge in [0.05, 0.1) is 10.5 Å². The molecule has 0 bridgehead atoms. The Morgan fingerprint density at radius 3 is 2.20 bits per heavy atom. The fraction of sp³-hybridized carbons (Fsp3) is 0.111. The van der Waals surface area contributed by atoms with Crippen LogP contribution in [0.3, 0.4) is 0 Å². The Kier molecular flexibility index (Phi) is 4.31. The molecule has 0 aliphatic rings. The summed E-state index contributed by atoms with van der Waals surface area (Å²) in [7, 11) is 0. The summed E-state index contributed by atoms with van der Waals surface area (Å²) in [5.41, 5.74) is 1.10. The molecule has 0 saturated carbocycles. The maximum atomic E-state index is 12.7. The molecular weight excluding hydrogens is 333 g/mol. The lowest BCUT2D eigenvalue weighted by atomic mass is 9.98. The van der Waals surface area contributed by atoms with Crippen LogP contribution >= 0.6 is 0 Å². The van der Waals surface area contributed by atoms with Crippen LogP contribution in [0.2, 0.25) is 0 Å². The first-order chi connectivity index (χ1) is 11.8. The fourth-order valence-corrected chi connectivity index (χ4v) is 2.62. The highest BCUT2D eigenvalue weighted by atomic mass is 19.4. The first-order valence-electron chi connectivity index (χ1n) is 7.40. The van der Waals surface area contributed by atoms with E-state index in [1.165, 1.54) is 24.3 Å². The second kappa shape index (κ2) is 6.43. The van der Waals surface area contributed by atoms with Gasteiger partial charge in [0.15, 0.2) is 0 Å². The Morgan fingerprint density at radius 2 is 1.64 bits per heavy atom. The average molecular weight is 346 g/mol. The van der Waals surface area contributed by atoms with Crippen molar-refractivity contribution in [3.8, 4) is 11.1 Å². The summed E-state index contributed by atoms with van der Waals surface area (Å²) in [4.78, 5) is 10.5. The van der Waals surface area contributed by atoms with Crippen LogP contribution in [0.1, 0.15) is 11.1 Å². The zero-order valence-corrected chi connectivity index (χ0v) is 12.9. The largest absolute Gasteiger partial charge is 0.416 e. The van der Waals surface area contributed by atoms with Crippen molar-refractivity contribution in [1.82, 2.24) is 4.57 Å². The van der Waals surface area contributed by atoms with E-state index in [2.05, 4.69) is 0 Å². The number of halogens is 3. The first-order valence-corrected chi connectivity index (χ1v) is 7.40. The summed E-state index contributed by atoms with van der Waals surface area (Å²) in [5, 5.41) is 11.0. The minimum Gasteiger partial charge on any atom is -0.350 e. The Hall–Kier alpha value is -3.09. The first kappa shape index (κ1) is 16.8. The quantitative estimate of drug-likeness (QED) is 0.486. The summed E-state index contributed by atoms with van der Waals surface area (Å²) >= 11 is 0. The monoisotopic (exact) mass is 346 g/mol. The van der Waals surface area contributed by atoms with Crippen LogP contribution < -0.4 is 0 Å². The third-order valence-corrected chi connectivity index (χ3v) is 3.84. The Labute approximate surface area is 141 Å². The molecule has 0 fully saturated rings. The molecule has 0 unspecified atom stereocenters. The van der Waals surface area contributed by atoms with Crippen molar-refractivity contribution in [2.45, 2.75) is 12.7 Å². The molecule has 1 aromatic heterocycles. The molecule has 0 N–H and O–H groups in total. The van der Waals surface area contributed by atoms with Gasteiger partial charge >= 0.3 is 6.18 Å². The predicted octanol–water partition coefficient (Wildman–Crippen LogP) is 5.13. The molecule has 25 heavy (non-hydrogen) atoms. The maximum Gasteiger partial charge on any atom is 0.416 e. The van der Waals surface area contributed by atoms with Gasteiger partial charge in [-0.2, -0.15) is 13.2 Å². The molecular formula is C18H13F3N2O2. The molecule has 0 aliphatic heterocycles. The highest BCUT2D eigenvalue weighted by Gasteiger charge is 2.30. The molecule has 0 spiro atoms. The van der Waals surface area contributed by atoms with E-state index in [4.69, 9.17) is 0 Å². The van der Waals surface area contributed by atoms with Gasteiger partial charge in [0, 0.05) is 31.1 Å². The number of aromatic nitrogens is 1. The minimum atomic E-state index is -4.40. The highest BCUT2D eigenvalue weighted by Crippen LogP contribution is 2.33. The Bertz CT molecular complexity index is 886. The molecule has 0 saturated heterocycles. The van der Waals surface area contributed by atoms with E-state index in [1.54, 1.807) is 6.07 Å². The van der Waals surface area contributed by atoms with Crippen molar-refractivity contribution < 1.29 is 18.1 Å². The predicted molar refractivity (Wildman–Crippen MR) is 87.1 cm³/mol. The van der Waals surface area contributed by atoms with Crippen molar-refractivity contribution in [3.05, 3.63) is 88.2 Å². The number of alkyl halides is 3. The molecule has 0 atom stereocenters. The fourth-order valence-electron chi connectivity index (χ4n) is 2.62. The van der Waals surface area contributed by atoms with Crippen LogP contribution in [0.4, 0.5) is 18.9 Å². The van der Waals surface area contributed by atoms with E-state index >= 15 is 0 Å². The molecule has 0 radical (unpaired) electrons. The third kappa shape index (κ3) is 3.71. The third-order valence-electron chi connectivity index (χ3n) is 3.84. The molecule has 0 amide bonds. The smallest absolute Gasteiger partial charge is 0.350 e. The second-order valence-corrected chi connectivity index (χ2v) is 5.53. The molecule has 3 aromatic rings. The van der Waals surface area contributed by atoms with Gasteiger partial charge in [-0.25, -0.2) is 0 Å². The van der Waals surface area contributed by atoms with E-state index in [-0.39, 0.29) is 5.69 Å². The Morgan fingerprint density at radius 1 is 1.00 bits per heavy atom. The van der Waals surface area contributed by atoms with Crippen molar-refractivity contribution in [2.75, 3.05) is 0 Å². The minimum absolute atomic E-state index is 0.0576. The van der Waals surface area contributed by atoms with E-state index < -0.39 is 16.7 Å². The van der Waals surface area contributed by atoms with Gasteiger partial charge in [-0.1, -0.05) is 12.1 Å². The van der Waals surface area contributed by atoms with E-state index in [9.17, 15) is 23.3 Å². The lowest BCUT2D eigenvalue weighted by molar-refractivity contribution is -0.384. The molecule has 128 valence electrons. The zero-order valence-electron chi connectivity index (χ0n) is 12.9. The molecule has 0 aliphatic carbocycles. The van der Waals surface area contributed by atoms with Gasteiger partial charge in [0.2, 0.25) is 0 Å². The van der Waals surface area contributed by atoms with Gasteiger partial charge in [-0.3, -0.25) is 10.1 Å². The van der Waals surface area contributed by atoms with Crippen molar-refractivity contribution in [3.63, 3.8) is 0 Å². The number of non-ortho nitro benzene ring substituents is 1. The average Bonchev–Trinajstić information content (AvgIpc) is 3.07. The summed E-state index contributed by atoms with van der Waals surface area (Å²) < 4.78 is 40.0.